The first-order valence-electron chi connectivity index (χ1n) is 9.13. The fourth-order valence-electron chi connectivity index (χ4n) is 2.70. The van der Waals surface area contributed by atoms with Crippen LogP contribution in [0.15, 0.2) is 53.4 Å². The number of carbonyl (C=O) groups excluding carboxylic acids is 1. The normalized spacial score (nSPS) is 11.5. The zero-order valence-electron chi connectivity index (χ0n) is 17.1. The number of carbonyl (C=O) groups is 1. The Morgan fingerprint density at radius 3 is 2.45 bits per heavy atom. The molecule has 1 amide bonds. The van der Waals surface area contributed by atoms with Crippen molar-refractivity contribution in [1.29, 1.82) is 5.26 Å². The van der Waals surface area contributed by atoms with Gasteiger partial charge in [-0.3, -0.25) is 4.79 Å². The van der Waals surface area contributed by atoms with Crippen LogP contribution in [-0.2, 0) is 16.0 Å². The molecule has 0 aliphatic rings. The Labute approximate surface area is 186 Å². The van der Waals surface area contributed by atoms with E-state index in [1.807, 2.05) is 6.07 Å². The molecule has 0 radical (unpaired) electrons. The fraction of sp³-hybridized carbons (Fsp3) is 0.143. The van der Waals surface area contributed by atoms with Crippen molar-refractivity contribution in [1.82, 2.24) is 10.2 Å². The molecule has 0 aliphatic heterocycles. The minimum absolute atomic E-state index is 0.0359. The maximum atomic E-state index is 13.2. The van der Waals surface area contributed by atoms with Crippen LogP contribution >= 0.6 is 0 Å². The molecule has 0 saturated heterocycles. The molecule has 0 fully saturated rings. The van der Waals surface area contributed by atoms with Gasteiger partial charge in [-0.1, -0.05) is 6.07 Å². The summed E-state index contributed by atoms with van der Waals surface area (Å²) in [5.74, 6) is -1.38. The summed E-state index contributed by atoms with van der Waals surface area (Å²) in [7, 11) is -3.58. The highest BCUT2D eigenvalue weighted by Crippen LogP contribution is 2.32. The van der Waals surface area contributed by atoms with Crippen molar-refractivity contribution in [2.45, 2.75) is 18.0 Å². The van der Waals surface area contributed by atoms with E-state index in [1.54, 1.807) is 6.92 Å². The van der Waals surface area contributed by atoms with E-state index in [1.165, 1.54) is 36.4 Å². The number of sulfone groups is 1. The summed E-state index contributed by atoms with van der Waals surface area (Å²) in [5.41, 5.74) is -1.15. The molecule has 0 unspecified atom stereocenters. The van der Waals surface area contributed by atoms with Gasteiger partial charge < -0.3 is 10.1 Å². The van der Waals surface area contributed by atoms with Gasteiger partial charge >= 0.3 is 6.18 Å². The van der Waals surface area contributed by atoms with Crippen LogP contribution in [0.4, 0.5) is 18.9 Å². The number of nitrogens with one attached hydrogen (secondary N) is 1. The van der Waals surface area contributed by atoms with Gasteiger partial charge in [0.15, 0.2) is 15.5 Å². The third-order valence-electron chi connectivity index (χ3n) is 4.33. The van der Waals surface area contributed by atoms with Gasteiger partial charge in [0.1, 0.15) is 11.3 Å². The molecule has 0 saturated carbocycles. The number of halogens is 3. The molecule has 0 atom stereocenters. The monoisotopic (exact) mass is 476 g/mol. The zero-order valence-corrected chi connectivity index (χ0v) is 18.0. The van der Waals surface area contributed by atoms with Crippen LogP contribution in [0.3, 0.4) is 0 Å². The first-order valence-corrected chi connectivity index (χ1v) is 11.0. The van der Waals surface area contributed by atoms with Crippen LogP contribution in [0.5, 0.6) is 11.6 Å². The second-order valence-electron chi connectivity index (χ2n) is 6.89. The second-order valence-corrected chi connectivity index (χ2v) is 8.91. The Hall–Kier alpha value is -3.98. The van der Waals surface area contributed by atoms with Gasteiger partial charge in [0.2, 0.25) is 0 Å². The maximum absolute atomic E-state index is 13.2. The number of benzene rings is 2. The SMILES string of the molecule is Cc1cc(C#N)ccc1Oc1nnc(C(F)(F)F)cc1C(=O)Nc1cccc(S(C)(=O)=O)c1. The number of hydrogen-bond donors (Lipinski definition) is 1. The molecular weight excluding hydrogens is 461 g/mol. The average molecular weight is 476 g/mol. The summed E-state index contributed by atoms with van der Waals surface area (Å²) < 4.78 is 68.5. The van der Waals surface area contributed by atoms with Gasteiger partial charge in [-0.05, 0) is 55.0 Å². The zero-order chi connectivity index (χ0) is 24.4. The van der Waals surface area contributed by atoms with Crippen molar-refractivity contribution in [2.75, 3.05) is 11.6 Å². The Morgan fingerprint density at radius 2 is 1.85 bits per heavy atom. The van der Waals surface area contributed by atoms with Gasteiger partial charge in [0.05, 0.1) is 16.5 Å². The number of rotatable bonds is 5. The molecule has 0 aliphatic carbocycles. The Morgan fingerprint density at radius 1 is 1.12 bits per heavy atom. The summed E-state index contributed by atoms with van der Waals surface area (Å²) in [6.07, 6.45) is -3.90. The predicted molar refractivity (Wildman–Crippen MR) is 111 cm³/mol. The lowest BCUT2D eigenvalue weighted by Crippen LogP contribution is -2.18. The first kappa shape index (κ1) is 23.7. The minimum atomic E-state index is -4.87. The van der Waals surface area contributed by atoms with E-state index in [0.29, 0.717) is 17.2 Å². The van der Waals surface area contributed by atoms with Crippen molar-refractivity contribution < 1.29 is 31.1 Å². The minimum Gasteiger partial charge on any atom is -0.437 e. The highest BCUT2D eigenvalue weighted by molar-refractivity contribution is 7.90. The largest absolute Gasteiger partial charge is 0.437 e. The number of aryl methyl sites for hydroxylation is 1. The number of ether oxygens (including phenoxy) is 1. The van der Waals surface area contributed by atoms with Crippen molar-refractivity contribution in [2.24, 2.45) is 0 Å². The molecule has 3 aromatic rings. The highest BCUT2D eigenvalue weighted by atomic mass is 32.2. The van der Waals surface area contributed by atoms with Crippen LogP contribution in [0.25, 0.3) is 0 Å². The van der Waals surface area contributed by atoms with Crippen LogP contribution in [0.2, 0.25) is 0 Å². The lowest BCUT2D eigenvalue weighted by atomic mass is 10.1. The topological polar surface area (TPSA) is 122 Å². The smallest absolute Gasteiger partial charge is 0.435 e. The van der Waals surface area contributed by atoms with Crippen molar-refractivity contribution >= 4 is 21.4 Å². The highest BCUT2D eigenvalue weighted by Gasteiger charge is 2.35. The third kappa shape index (κ3) is 5.64. The number of anilines is 1. The van der Waals surface area contributed by atoms with E-state index in [4.69, 9.17) is 10.00 Å². The Bertz CT molecular complexity index is 1380. The van der Waals surface area contributed by atoms with E-state index >= 15 is 0 Å². The molecule has 1 heterocycles. The van der Waals surface area contributed by atoms with Gasteiger partial charge in [-0.25, -0.2) is 8.42 Å². The van der Waals surface area contributed by atoms with E-state index in [-0.39, 0.29) is 16.3 Å². The Balaban J connectivity index is 2.01. The molecule has 3 rings (SSSR count). The molecule has 8 nitrogen and oxygen atoms in total. The lowest BCUT2D eigenvalue weighted by Gasteiger charge is -2.14. The summed E-state index contributed by atoms with van der Waals surface area (Å²) in [6.45, 7) is 1.60. The van der Waals surface area contributed by atoms with Gasteiger partial charge in [0, 0.05) is 11.9 Å². The van der Waals surface area contributed by atoms with Crippen molar-refractivity contribution in [3.05, 3.63) is 70.9 Å². The molecule has 1 N–H and O–H groups in total. The number of alkyl halides is 3. The Kier molecular flexibility index (Phi) is 6.37. The summed E-state index contributed by atoms with van der Waals surface area (Å²) in [4.78, 5) is 12.7. The molecule has 33 heavy (non-hydrogen) atoms. The van der Waals surface area contributed by atoms with E-state index in [2.05, 4.69) is 15.5 Å². The second kappa shape index (κ2) is 8.87. The number of hydrogen-bond acceptors (Lipinski definition) is 7. The maximum Gasteiger partial charge on any atom is 0.435 e. The summed E-state index contributed by atoms with van der Waals surface area (Å²) in [6, 6.07) is 12.0. The van der Waals surface area contributed by atoms with Gasteiger partial charge in [-0.15, -0.1) is 10.2 Å². The average Bonchev–Trinajstić information content (AvgIpc) is 2.74. The summed E-state index contributed by atoms with van der Waals surface area (Å²) >= 11 is 0. The van der Waals surface area contributed by atoms with Crippen molar-refractivity contribution in [3.8, 4) is 17.7 Å². The number of nitrogens with zero attached hydrogens (tertiary/aromatic N) is 3. The molecule has 1 aromatic heterocycles. The number of nitriles is 1. The van der Waals surface area contributed by atoms with Crippen LogP contribution < -0.4 is 10.1 Å². The molecule has 2 aromatic carbocycles. The number of amides is 1. The van der Waals surface area contributed by atoms with Crippen LogP contribution in [0.1, 0.15) is 27.2 Å². The lowest BCUT2D eigenvalue weighted by molar-refractivity contribution is -0.141. The third-order valence-corrected chi connectivity index (χ3v) is 5.44. The first-order chi connectivity index (χ1) is 15.4. The molecule has 12 heteroatoms. The van der Waals surface area contributed by atoms with E-state index in [9.17, 15) is 26.4 Å². The predicted octanol–water partition coefficient (Wildman–Crippen LogP) is 4.12. The van der Waals surface area contributed by atoms with Crippen LogP contribution in [-0.4, -0.2) is 30.8 Å². The van der Waals surface area contributed by atoms with Crippen LogP contribution in [0, 0.1) is 18.3 Å². The molecule has 0 bridgehead atoms. The fourth-order valence-corrected chi connectivity index (χ4v) is 3.36. The van der Waals surface area contributed by atoms with E-state index in [0.717, 1.165) is 12.3 Å². The number of aromatic nitrogens is 2. The van der Waals surface area contributed by atoms with Crippen molar-refractivity contribution in [3.63, 3.8) is 0 Å². The van der Waals surface area contributed by atoms with Gasteiger partial charge in [0.25, 0.3) is 11.8 Å². The summed E-state index contributed by atoms with van der Waals surface area (Å²) in [5, 5.41) is 17.8. The standard InChI is InChI=1S/C21H15F3N4O4S/c1-12-8-13(11-25)6-7-17(12)32-20-16(10-18(27-28-20)21(22,23)24)19(29)26-14-4-3-5-15(9-14)33(2,30)31/h3-10H,1-2H3,(H,26,29). The molecule has 0 spiro atoms. The molecule has 170 valence electrons. The molecular formula is C21H15F3N4O4S. The van der Waals surface area contributed by atoms with E-state index < -0.39 is 39.1 Å². The van der Waals surface area contributed by atoms with Gasteiger partial charge in [-0.2, -0.15) is 18.4 Å². The quantitative estimate of drug-likeness (QED) is 0.588.